The molecule has 0 radical (unpaired) electrons. The maximum absolute atomic E-state index is 12.4. The Hall–Kier alpha value is -3.01. The van der Waals surface area contributed by atoms with Crippen molar-refractivity contribution in [2.45, 2.75) is 6.92 Å². The summed E-state index contributed by atoms with van der Waals surface area (Å²) in [4.78, 5) is 15.6. The van der Waals surface area contributed by atoms with Gasteiger partial charge in [-0.05, 0) is 36.8 Å². The largest absolute Gasteiger partial charge is 0.496 e. The Balaban J connectivity index is 1.89. The highest BCUT2D eigenvalue weighted by atomic mass is 16.5. The highest BCUT2D eigenvalue weighted by Gasteiger charge is 2.25. The van der Waals surface area contributed by atoms with Gasteiger partial charge in [0.25, 0.3) is 5.91 Å². The molecule has 1 aliphatic rings. The standard InChI is InChI=1S/C19H16N2O2/c1-11-7-17-14(9-18(11)23-2)15(19(22)21-17)8-12-10-20-16-6-4-3-5-13(12)16/h3-10,20H,1-2H3,(H,21,22)/b15-8+. The summed E-state index contributed by atoms with van der Waals surface area (Å²) in [5, 5.41) is 4.02. The van der Waals surface area contributed by atoms with E-state index in [9.17, 15) is 4.79 Å². The van der Waals surface area contributed by atoms with Crippen LogP contribution in [0.25, 0.3) is 22.6 Å². The average molecular weight is 304 g/mol. The minimum absolute atomic E-state index is 0.0852. The molecule has 2 heterocycles. The second-order valence-electron chi connectivity index (χ2n) is 5.67. The van der Waals surface area contributed by atoms with Crippen molar-refractivity contribution in [1.29, 1.82) is 0 Å². The van der Waals surface area contributed by atoms with E-state index in [1.165, 1.54) is 0 Å². The SMILES string of the molecule is COc1cc2c(cc1C)NC(=O)/C2=C/c1c[nH]c2ccccc12. The zero-order valence-electron chi connectivity index (χ0n) is 12.9. The van der Waals surface area contributed by atoms with Crippen molar-refractivity contribution < 1.29 is 9.53 Å². The van der Waals surface area contributed by atoms with Gasteiger partial charge in [0.15, 0.2) is 0 Å². The number of para-hydroxylation sites is 1. The van der Waals surface area contributed by atoms with Crippen LogP contribution in [0.5, 0.6) is 5.75 Å². The minimum atomic E-state index is -0.0852. The van der Waals surface area contributed by atoms with E-state index in [1.54, 1.807) is 7.11 Å². The molecule has 0 saturated heterocycles. The van der Waals surface area contributed by atoms with Crippen LogP contribution >= 0.6 is 0 Å². The number of benzene rings is 2. The molecule has 0 spiro atoms. The van der Waals surface area contributed by atoms with E-state index in [2.05, 4.69) is 10.3 Å². The first-order valence-electron chi connectivity index (χ1n) is 7.45. The van der Waals surface area contributed by atoms with Crippen molar-refractivity contribution in [1.82, 2.24) is 4.98 Å². The van der Waals surface area contributed by atoms with Crippen LogP contribution in [0.15, 0.2) is 42.6 Å². The summed E-state index contributed by atoms with van der Waals surface area (Å²) in [5.74, 6) is 0.697. The van der Waals surface area contributed by atoms with Crippen molar-refractivity contribution in [3.63, 3.8) is 0 Å². The molecule has 0 unspecified atom stereocenters. The number of H-pyrrole nitrogens is 1. The van der Waals surface area contributed by atoms with E-state index in [4.69, 9.17) is 4.74 Å². The lowest BCUT2D eigenvalue weighted by atomic mass is 10.0. The smallest absolute Gasteiger partial charge is 0.256 e. The van der Waals surface area contributed by atoms with Crippen LogP contribution in [0, 0.1) is 6.92 Å². The zero-order chi connectivity index (χ0) is 16.0. The third kappa shape index (κ3) is 2.11. The highest BCUT2D eigenvalue weighted by Crippen LogP contribution is 2.38. The lowest BCUT2D eigenvalue weighted by Gasteiger charge is -2.07. The number of fused-ring (bicyclic) bond motifs is 2. The normalized spacial score (nSPS) is 15.0. The van der Waals surface area contributed by atoms with E-state index in [0.29, 0.717) is 5.57 Å². The van der Waals surface area contributed by atoms with E-state index in [-0.39, 0.29) is 5.91 Å². The van der Waals surface area contributed by atoms with Gasteiger partial charge in [0, 0.05) is 39.5 Å². The van der Waals surface area contributed by atoms with Gasteiger partial charge in [-0.25, -0.2) is 0 Å². The molecule has 0 fully saturated rings. The molecule has 4 heteroatoms. The molecule has 23 heavy (non-hydrogen) atoms. The lowest BCUT2D eigenvalue weighted by Crippen LogP contribution is -2.03. The molecule has 0 aliphatic carbocycles. The van der Waals surface area contributed by atoms with Gasteiger partial charge in [-0.1, -0.05) is 18.2 Å². The fraction of sp³-hybridized carbons (Fsp3) is 0.105. The predicted octanol–water partition coefficient (Wildman–Crippen LogP) is 3.98. The number of amides is 1. The van der Waals surface area contributed by atoms with E-state index in [1.807, 2.05) is 55.6 Å². The lowest BCUT2D eigenvalue weighted by molar-refractivity contribution is -0.110. The predicted molar refractivity (Wildman–Crippen MR) is 92.5 cm³/mol. The van der Waals surface area contributed by atoms with Crippen LogP contribution in [0.1, 0.15) is 16.7 Å². The van der Waals surface area contributed by atoms with Gasteiger partial charge >= 0.3 is 0 Å². The van der Waals surface area contributed by atoms with Crippen LogP contribution in [-0.4, -0.2) is 18.0 Å². The van der Waals surface area contributed by atoms with Gasteiger partial charge in [-0.15, -0.1) is 0 Å². The molecule has 2 N–H and O–H groups in total. The topological polar surface area (TPSA) is 54.1 Å². The molecule has 4 rings (SSSR count). The summed E-state index contributed by atoms with van der Waals surface area (Å²) >= 11 is 0. The maximum atomic E-state index is 12.4. The van der Waals surface area contributed by atoms with Crippen LogP contribution < -0.4 is 10.1 Å². The van der Waals surface area contributed by atoms with Crippen LogP contribution in [0.4, 0.5) is 5.69 Å². The van der Waals surface area contributed by atoms with Crippen molar-refractivity contribution in [2.75, 3.05) is 12.4 Å². The third-order valence-corrected chi connectivity index (χ3v) is 4.24. The van der Waals surface area contributed by atoms with Crippen molar-refractivity contribution in [3.8, 4) is 5.75 Å². The zero-order valence-corrected chi connectivity index (χ0v) is 12.9. The first-order chi connectivity index (χ1) is 11.2. The van der Waals surface area contributed by atoms with Gasteiger partial charge in [-0.2, -0.15) is 0 Å². The van der Waals surface area contributed by atoms with Gasteiger partial charge < -0.3 is 15.0 Å². The number of methoxy groups -OCH3 is 1. The number of aryl methyl sites for hydroxylation is 1. The fourth-order valence-corrected chi connectivity index (χ4v) is 3.06. The molecule has 4 nitrogen and oxygen atoms in total. The molecular weight excluding hydrogens is 288 g/mol. The van der Waals surface area contributed by atoms with Crippen LogP contribution in [-0.2, 0) is 4.79 Å². The van der Waals surface area contributed by atoms with Crippen molar-refractivity contribution >= 4 is 34.1 Å². The van der Waals surface area contributed by atoms with Crippen LogP contribution in [0.2, 0.25) is 0 Å². The van der Waals surface area contributed by atoms with Gasteiger partial charge in [0.05, 0.1) is 7.11 Å². The number of carbonyl (C=O) groups excluding carboxylic acids is 1. The quantitative estimate of drug-likeness (QED) is 0.704. The number of anilines is 1. The first kappa shape index (κ1) is 13.6. The molecule has 0 saturated carbocycles. The Kier molecular flexibility index (Phi) is 2.98. The number of hydrogen-bond donors (Lipinski definition) is 2. The second kappa shape index (κ2) is 5.02. The number of hydrogen-bond acceptors (Lipinski definition) is 2. The minimum Gasteiger partial charge on any atom is -0.496 e. The molecule has 0 bridgehead atoms. The number of ether oxygens (including phenoxy) is 1. The summed E-state index contributed by atoms with van der Waals surface area (Å²) in [6, 6.07) is 11.9. The van der Waals surface area contributed by atoms with E-state index < -0.39 is 0 Å². The summed E-state index contributed by atoms with van der Waals surface area (Å²) in [7, 11) is 1.64. The highest BCUT2D eigenvalue weighted by molar-refractivity contribution is 6.35. The number of aromatic nitrogens is 1. The number of carbonyl (C=O) groups is 1. The van der Waals surface area contributed by atoms with Crippen molar-refractivity contribution in [3.05, 3.63) is 59.3 Å². The monoisotopic (exact) mass is 304 g/mol. The Labute approximate surface area is 133 Å². The number of aromatic amines is 1. The molecule has 1 aliphatic heterocycles. The Morgan fingerprint density at radius 3 is 2.83 bits per heavy atom. The number of nitrogens with one attached hydrogen (secondary N) is 2. The fourth-order valence-electron chi connectivity index (χ4n) is 3.06. The maximum Gasteiger partial charge on any atom is 0.256 e. The van der Waals surface area contributed by atoms with Gasteiger partial charge in [0.1, 0.15) is 5.75 Å². The summed E-state index contributed by atoms with van der Waals surface area (Å²) in [6.07, 6.45) is 3.85. The second-order valence-corrected chi connectivity index (χ2v) is 5.67. The Morgan fingerprint density at radius 1 is 1.17 bits per heavy atom. The van der Waals surface area contributed by atoms with E-state index >= 15 is 0 Å². The van der Waals surface area contributed by atoms with E-state index in [0.717, 1.165) is 39.0 Å². The molecule has 1 aromatic heterocycles. The Morgan fingerprint density at radius 2 is 2.00 bits per heavy atom. The molecule has 3 aromatic rings. The summed E-state index contributed by atoms with van der Waals surface area (Å²) in [6.45, 7) is 1.96. The molecule has 1 amide bonds. The molecule has 0 atom stereocenters. The molecular formula is C19H16N2O2. The summed E-state index contributed by atoms with van der Waals surface area (Å²) < 4.78 is 5.39. The molecule has 114 valence electrons. The third-order valence-electron chi connectivity index (χ3n) is 4.24. The van der Waals surface area contributed by atoms with Gasteiger partial charge in [0.2, 0.25) is 0 Å². The van der Waals surface area contributed by atoms with Gasteiger partial charge in [-0.3, -0.25) is 4.79 Å². The van der Waals surface area contributed by atoms with Crippen molar-refractivity contribution in [2.24, 2.45) is 0 Å². The molecule has 2 aromatic carbocycles. The van der Waals surface area contributed by atoms with Crippen LogP contribution in [0.3, 0.4) is 0 Å². The summed E-state index contributed by atoms with van der Waals surface area (Å²) in [5.41, 5.74) is 5.42. The number of rotatable bonds is 2. The Bertz CT molecular complexity index is 967. The first-order valence-corrected chi connectivity index (χ1v) is 7.45. The average Bonchev–Trinajstić information content (AvgIpc) is 3.09.